The number of carbonyl (C=O) groups excluding carboxylic acids is 1. The van der Waals surface area contributed by atoms with E-state index in [9.17, 15) is 9.59 Å². The van der Waals surface area contributed by atoms with Crippen LogP contribution in [0.2, 0.25) is 0 Å². The SMILES string of the molecule is COCOc1ccc(C(=O)O)cc1C(C)=O. The first-order valence-corrected chi connectivity index (χ1v) is 4.56. The van der Waals surface area contributed by atoms with Gasteiger partial charge in [-0.15, -0.1) is 0 Å². The lowest BCUT2D eigenvalue weighted by Gasteiger charge is -2.09. The first kappa shape index (κ1) is 12.2. The van der Waals surface area contributed by atoms with Gasteiger partial charge in [0.25, 0.3) is 0 Å². The van der Waals surface area contributed by atoms with Gasteiger partial charge in [-0.2, -0.15) is 0 Å². The maximum Gasteiger partial charge on any atom is 0.335 e. The maximum atomic E-state index is 11.3. The Morgan fingerprint density at radius 3 is 2.56 bits per heavy atom. The molecule has 1 N–H and O–H groups in total. The van der Waals surface area contributed by atoms with E-state index < -0.39 is 5.97 Å². The van der Waals surface area contributed by atoms with Gasteiger partial charge in [-0.05, 0) is 25.1 Å². The predicted octanol–water partition coefficient (Wildman–Crippen LogP) is 1.57. The number of carboxylic acid groups (broad SMARTS) is 1. The Hall–Kier alpha value is -1.88. The molecule has 0 unspecified atom stereocenters. The number of hydrogen-bond donors (Lipinski definition) is 1. The topological polar surface area (TPSA) is 72.8 Å². The first-order valence-electron chi connectivity index (χ1n) is 4.56. The fraction of sp³-hybridized carbons (Fsp3) is 0.273. The molecule has 0 saturated carbocycles. The summed E-state index contributed by atoms with van der Waals surface area (Å²) in [5.74, 6) is -1.02. The van der Waals surface area contributed by atoms with Crippen LogP contribution in [0.5, 0.6) is 5.75 Å². The van der Waals surface area contributed by atoms with Crippen molar-refractivity contribution in [2.24, 2.45) is 0 Å². The Kier molecular flexibility index (Phi) is 4.02. The van der Waals surface area contributed by atoms with Gasteiger partial charge in [-0.1, -0.05) is 0 Å². The number of benzene rings is 1. The van der Waals surface area contributed by atoms with Crippen molar-refractivity contribution in [3.63, 3.8) is 0 Å². The highest BCUT2D eigenvalue weighted by atomic mass is 16.7. The van der Waals surface area contributed by atoms with E-state index in [4.69, 9.17) is 14.6 Å². The minimum atomic E-state index is -1.08. The quantitative estimate of drug-likeness (QED) is 0.607. The molecule has 0 heterocycles. The summed E-state index contributed by atoms with van der Waals surface area (Å²) in [5, 5.41) is 8.78. The van der Waals surface area contributed by atoms with Crippen molar-refractivity contribution in [3.05, 3.63) is 29.3 Å². The van der Waals surface area contributed by atoms with Crippen LogP contribution in [0.15, 0.2) is 18.2 Å². The Morgan fingerprint density at radius 1 is 1.38 bits per heavy atom. The van der Waals surface area contributed by atoms with Crippen LogP contribution in [0.25, 0.3) is 0 Å². The molecular weight excluding hydrogens is 212 g/mol. The monoisotopic (exact) mass is 224 g/mol. The molecule has 5 nitrogen and oxygen atoms in total. The van der Waals surface area contributed by atoms with Crippen LogP contribution in [0.3, 0.4) is 0 Å². The largest absolute Gasteiger partial charge is 0.478 e. The summed E-state index contributed by atoms with van der Waals surface area (Å²) in [5.41, 5.74) is 0.284. The number of carboxylic acids is 1. The highest BCUT2D eigenvalue weighted by molar-refractivity contribution is 5.99. The third-order valence-corrected chi connectivity index (χ3v) is 1.94. The summed E-state index contributed by atoms with van der Waals surface area (Å²) in [4.78, 5) is 22.0. The Labute approximate surface area is 92.6 Å². The van der Waals surface area contributed by atoms with Crippen molar-refractivity contribution >= 4 is 11.8 Å². The third-order valence-electron chi connectivity index (χ3n) is 1.94. The summed E-state index contributed by atoms with van der Waals surface area (Å²) >= 11 is 0. The molecular formula is C11H12O5. The predicted molar refractivity (Wildman–Crippen MR) is 55.9 cm³/mol. The van der Waals surface area contributed by atoms with E-state index in [2.05, 4.69) is 0 Å². The number of rotatable bonds is 5. The van der Waals surface area contributed by atoms with Crippen molar-refractivity contribution in [2.45, 2.75) is 6.92 Å². The second kappa shape index (κ2) is 5.27. The van der Waals surface area contributed by atoms with Gasteiger partial charge in [0.05, 0.1) is 11.1 Å². The van der Waals surface area contributed by atoms with Gasteiger partial charge < -0.3 is 14.6 Å². The number of methoxy groups -OCH3 is 1. The molecule has 5 heteroatoms. The Balaban J connectivity index is 3.09. The molecule has 0 aliphatic carbocycles. The van der Waals surface area contributed by atoms with Crippen LogP contribution in [-0.2, 0) is 4.74 Å². The van der Waals surface area contributed by atoms with E-state index in [0.717, 1.165) is 0 Å². The normalized spacial score (nSPS) is 9.88. The van der Waals surface area contributed by atoms with Gasteiger partial charge in [0.2, 0.25) is 0 Å². The molecule has 0 bridgehead atoms. The zero-order chi connectivity index (χ0) is 12.1. The first-order chi connectivity index (χ1) is 7.56. The van der Waals surface area contributed by atoms with E-state index in [1.165, 1.54) is 32.2 Å². The molecule has 1 aromatic rings. The summed E-state index contributed by atoms with van der Waals surface area (Å²) in [6.45, 7) is 1.35. The standard InChI is InChI=1S/C11H12O5/c1-7(12)9-5-8(11(13)14)3-4-10(9)16-6-15-2/h3-5H,6H2,1-2H3,(H,13,14). The van der Waals surface area contributed by atoms with Crippen LogP contribution >= 0.6 is 0 Å². The van der Waals surface area contributed by atoms with E-state index in [-0.39, 0.29) is 23.7 Å². The van der Waals surface area contributed by atoms with Gasteiger partial charge >= 0.3 is 5.97 Å². The number of hydrogen-bond acceptors (Lipinski definition) is 4. The highest BCUT2D eigenvalue weighted by Crippen LogP contribution is 2.21. The van der Waals surface area contributed by atoms with Crippen molar-refractivity contribution in [3.8, 4) is 5.75 Å². The fourth-order valence-corrected chi connectivity index (χ4v) is 1.19. The molecule has 1 aromatic carbocycles. The minimum absolute atomic E-state index is 0.00664. The van der Waals surface area contributed by atoms with Gasteiger partial charge in [0.1, 0.15) is 5.75 Å². The van der Waals surface area contributed by atoms with Gasteiger partial charge in [0.15, 0.2) is 12.6 Å². The molecule has 0 amide bonds. The van der Waals surface area contributed by atoms with E-state index in [1.54, 1.807) is 0 Å². The highest BCUT2D eigenvalue weighted by Gasteiger charge is 2.12. The second-order valence-electron chi connectivity index (χ2n) is 3.12. The molecule has 0 radical (unpaired) electrons. The number of ether oxygens (including phenoxy) is 2. The maximum absolute atomic E-state index is 11.3. The lowest BCUT2D eigenvalue weighted by Crippen LogP contribution is -2.06. The van der Waals surface area contributed by atoms with Gasteiger partial charge in [0, 0.05) is 7.11 Å². The molecule has 0 spiro atoms. The lowest BCUT2D eigenvalue weighted by atomic mass is 10.1. The molecule has 0 aliphatic heterocycles. The molecule has 1 rings (SSSR count). The van der Waals surface area contributed by atoms with Crippen LogP contribution in [0.4, 0.5) is 0 Å². The summed E-state index contributed by atoms with van der Waals surface area (Å²) in [6, 6.07) is 4.11. The minimum Gasteiger partial charge on any atom is -0.478 e. The number of ketones is 1. The number of aromatic carboxylic acids is 1. The summed E-state index contributed by atoms with van der Waals surface area (Å²) in [6.07, 6.45) is 0. The lowest BCUT2D eigenvalue weighted by molar-refractivity contribution is 0.0502. The molecule has 86 valence electrons. The van der Waals surface area contributed by atoms with Crippen LogP contribution in [-0.4, -0.2) is 30.8 Å². The summed E-state index contributed by atoms with van der Waals surface area (Å²) < 4.78 is 9.85. The van der Waals surface area contributed by atoms with Crippen LogP contribution < -0.4 is 4.74 Å². The van der Waals surface area contributed by atoms with Crippen LogP contribution in [0.1, 0.15) is 27.6 Å². The average Bonchev–Trinajstić information content (AvgIpc) is 2.25. The van der Waals surface area contributed by atoms with E-state index in [0.29, 0.717) is 5.75 Å². The number of carbonyl (C=O) groups is 2. The van der Waals surface area contributed by atoms with Crippen molar-refractivity contribution in [2.75, 3.05) is 13.9 Å². The van der Waals surface area contributed by atoms with Crippen molar-refractivity contribution < 1.29 is 24.2 Å². The zero-order valence-corrected chi connectivity index (χ0v) is 9.02. The zero-order valence-electron chi connectivity index (χ0n) is 9.02. The van der Waals surface area contributed by atoms with Gasteiger partial charge in [-0.3, -0.25) is 4.79 Å². The molecule has 0 saturated heterocycles. The van der Waals surface area contributed by atoms with E-state index >= 15 is 0 Å². The molecule has 0 atom stereocenters. The van der Waals surface area contributed by atoms with Crippen molar-refractivity contribution in [1.29, 1.82) is 0 Å². The second-order valence-corrected chi connectivity index (χ2v) is 3.12. The smallest absolute Gasteiger partial charge is 0.335 e. The number of Topliss-reactive ketones (excluding diaryl/α,β-unsaturated/α-hetero) is 1. The summed E-state index contributed by atoms with van der Waals surface area (Å²) in [7, 11) is 1.46. The third kappa shape index (κ3) is 2.80. The Bertz CT molecular complexity index is 411. The fourth-order valence-electron chi connectivity index (χ4n) is 1.19. The molecule has 0 aliphatic rings. The Morgan fingerprint density at radius 2 is 2.06 bits per heavy atom. The molecule has 0 aromatic heterocycles. The van der Waals surface area contributed by atoms with Gasteiger partial charge in [-0.25, -0.2) is 4.79 Å². The average molecular weight is 224 g/mol. The van der Waals surface area contributed by atoms with Crippen molar-refractivity contribution in [1.82, 2.24) is 0 Å². The van der Waals surface area contributed by atoms with E-state index in [1.807, 2.05) is 0 Å². The molecule has 16 heavy (non-hydrogen) atoms. The van der Waals surface area contributed by atoms with Crippen LogP contribution in [0, 0.1) is 0 Å². The molecule has 0 fully saturated rings.